The minimum absolute atomic E-state index is 0.120. The first-order valence-corrected chi connectivity index (χ1v) is 8.86. The molecule has 3 rings (SSSR count). The zero-order chi connectivity index (χ0) is 15.9. The van der Waals surface area contributed by atoms with E-state index in [9.17, 15) is 5.11 Å². The third-order valence-corrected chi connectivity index (χ3v) is 5.16. The Kier molecular flexibility index (Phi) is 6.11. The molecule has 0 aliphatic carbocycles. The molecule has 0 aromatic heterocycles. The molecule has 2 aromatic carbocycles. The number of ether oxygens (including phenoxy) is 2. The van der Waals surface area contributed by atoms with E-state index in [1.807, 2.05) is 48.5 Å². The van der Waals surface area contributed by atoms with E-state index in [-0.39, 0.29) is 11.4 Å². The van der Waals surface area contributed by atoms with Crippen LogP contribution in [-0.4, -0.2) is 28.5 Å². The Balaban J connectivity index is 1.39. The van der Waals surface area contributed by atoms with Crippen molar-refractivity contribution in [2.24, 2.45) is 0 Å². The van der Waals surface area contributed by atoms with Gasteiger partial charge in [-0.05, 0) is 17.5 Å². The van der Waals surface area contributed by atoms with Crippen LogP contribution < -0.4 is 0 Å². The van der Waals surface area contributed by atoms with Crippen LogP contribution in [0.15, 0.2) is 60.7 Å². The Morgan fingerprint density at radius 2 is 1.52 bits per heavy atom. The van der Waals surface area contributed by atoms with Crippen LogP contribution in [0.1, 0.15) is 17.5 Å². The lowest BCUT2D eigenvalue weighted by Gasteiger charge is -2.14. The highest BCUT2D eigenvalue weighted by Crippen LogP contribution is 2.35. The highest BCUT2D eigenvalue weighted by atomic mass is 32.2. The fourth-order valence-electron chi connectivity index (χ4n) is 2.63. The summed E-state index contributed by atoms with van der Waals surface area (Å²) in [5, 5.41) is 10.4. The minimum Gasteiger partial charge on any atom is -0.380 e. The van der Waals surface area contributed by atoms with Gasteiger partial charge < -0.3 is 14.6 Å². The average Bonchev–Trinajstić information content (AvgIpc) is 2.95. The van der Waals surface area contributed by atoms with Gasteiger partial charge in [-0.3, -0.25) is 0 Å². The molecule has 1 unspecified atom stereocenters. The number of hydrogen-bond acceptors (Lipinski definition) is 4. The van der Waals surface area contributed by atoms with Crippen LogP contribution in [0, 0.1) is 0 Å². The maximum Gasteiger partial charge on any atom is 0.126 e. The van der Waals surface area contributed by atoms with E-state index in [0.717, 1.165) is 12.0 Å². The van der Waals surface area contributed by atoms with E-state index in [4.69, 9.17) is 9.47 Å². The lowest BCUT2D eigenvalue weighted by molar-refractivity contribution is -0.0108. The van der Waals surface area contributed by atoms with E-state index < -0.39 is 5.44 Å². The Labute approximate surface area is 141 Å². The minimum atomic E-state index is -0.468. The molecule has 0 amide bonds. The molecule has 3 nitrogen and oxygen atoms in total. The number of rotatable bonds is 7. The van der Waals surface area contributed by atoms with Gasteiger partial charge >= 0.3 is 0 Å². The molecule has 122 valence electrons. The summed E-state index contributed by atoms with van der Waals surface area (Å²) in [5.74, 6) is 0. The molecule has 1 heterocycles. The van der Waals surface area contributed by atoms with Gasteiger partial charge in [0, 0.05) is 5.25 Å². The molecule has 0 bridgehead atoms. The average molecular weight is 330 g/mol. The highest BCUT2D eigenvalue weighted by Gasteiger charge is 2.34. The monoisotopic (exact) mass is 330 g/mol. The highest BCUT2D eigenvalue weighted by molar-refractivity contribution is 8.00. The van der Waals surface area contributed by atoms with Crippen LogP contribution in [0.4, 0.5) is 0 Å². The van der Waals surface area contributed by atoms with Crippen LogP contribution in [-0.2, 0) is 22.7 Å². The first-order chi connectivity index (χ1) is 11.3. The molecule has 1 N–H and O–H groups in total. The molecular weight excluding hydrogens is 308 g/mol. The van der Waals surface area contributed by atoms with E-state index >= 15 is 0 Å². The van der Waals surface area contributed by atoms with Gasteiger partial charge in [0.15, 0.2) is 0 Å². The topological polar surface area (TPSA) is 38.7 Å². The summed E-state index contributed by atoms with van der Waals surface area (Å²) in [6.07, 6.45) is 0.707. The maximum atomic E-state index is 10.1. The van der Waals surface area contributed by atoms with Gasteiger partial charge in [-0.1, -0.05) is 60.7 Å². The zero-order valence-corrected chi connectivity index (χ0v) is 13.8. The van der Waals surface area contributed by atoms with Gasteiger partial charge in [-0.2, -0.15) is 0 Å². The van der Waals surface area contributed by atoms with Gasteiger partial charge in [0.2, 0.25) is 0 Å². The molecule has 1 fully saturated rings. The largest absolute Gasteiger partial charge is 0.380 e. The number of aliphatic hydroxyl groups is 1. The predicted octanol–water partition coefficient (Wildman–Crippen LogP) is 3.61. The van der Waals surface area contributed by atoms with Gasteiger partial charge in [-0.25, -0.2) is 0 Å². The summed E-state index contributed by atoms with van der Waals surface area (Å²) in [6.45, 7) is 1.80. The summed E-state index contributed by atoms with van der Waals surface area (Å²) in [5.41, 5.74) is 1.84. The number of aliphatic hydroxyl groups excluding tert-OH is 1. The lowest BCUT2D eigenvalue weighted by Crippen LogP contribution is -2.21. The third-order valence-electron chi connectivity index (χ3n) is 3.87. The fourth-order valence-corrected chi connectivity index (χ4v) is 3.87. The summed E-state index contributed by atoms with van der Waals surface area (Å²) < 4.78 is 11.6. The maximum absolute atomic E-state index is 10.1. The van der Waals surface area contributed by atoms with E-state index in [1.54, 1.807) is 11.8 Å². The van der Waals surface area contributed by atoms with Crippen molar-refractivity contribution in [2.75, 3.05) is 6.61 Å². The van der Waals surface area contributed by atoms with Crippen LogP contribution in [0.5, 0.6) is 0 Å². The number of hydrogen-bond donors (Lipinski definition) is 1. The van der Waals surface area contributed by atoms with Gasteiger partial charge in [0.1, 0.15) is 5.44 Å². The normalized spacial score (nSPS) is 24.0. The quantitative estimate of drug-likeness (QED) is 0.842. The second-order valence-electron chi connectivity index (χ2n) is 5.72. The third kappa shape index (κ3) is 5.08. The molecule has 1 saturated heterocycles. The standard InChI is InChI=1S/C19H22O3S/c20-19-18(22-13-16-9-5-2-6-10-16)11-17(23-19)14-21-12-15-7-3-1-4-8-15/h1-10,17-20H,11-14H2/t17-,18-,19?/m0/s1. The van der Waals surface area contributed by atoms with Gasteiger partial charge in [0.25, 0.3) is 0 Å². The second-order valence-corrected chi connectivity index (χ2v) is 7.14. The summed E-state index contributed by atoms with van der Waals surface area (Å²) in [7, 11) is 0. The Morgan fingerprint density at radius 3 is 2.17 bits per heavy atom. The number of benzene rings is 2. The van der Waals surface area contributed by atoms with Crippen molar-refractivity contribution in [3.8, 4) is 0 Å². The van der Waals surface area contributed by atoms with E-state index in [0.29, 0.717) is 19.8 Å². The van der Waals surface area contributed by atoms with E-state index in [1.165, 1.54) is 5.56 Å². The fraction of sp³-hybridized carbons (Fsp3) is 0.368. The van der Waals surface area contributed by atoms with Crippen molar-refractivity contribution >= 4 is 11.8 Å². The first-order valence-electron chi connectivity index (χ1n) is 7.92. The van der Waals surface area contributed by atoms with Crippen molar-refractivity contribution in [1.82, 2.24) is 0 Å². The van der Waals surface area contributed by atoms with Crippen molar-refractivity contribution in [3.05, 3.63) is 71.8 Å². The van der Waals surface area contributed by atoms with Crippen molar-refractivity contribution in [1.29, 1.82) is 0 Å². The van der Waals surface area contributed by atoms with Crippen LogP contribution in [0.25, 0.3) is 0 Å². The predicted molar refractivity (Wildman–Crippen MR) is 93.1 cm³/mol. The first kappa shape index (κ1) is 16.5. The van der Waals surface area contributed by atoms with Crippen molar-refractivity contribution < 1.29 is 14.6 Å². The molecule has 2 aromatic rings. The number of thioether (sulfide) groups is 1. The Hall–Kier alpha value is -1.33. The molecule has 23 heavy (non-hydrogen) atoms. The molecule has 0 saturated carbocycles. The van der Waals surface area contributed by atoms with Gasteiger partial charge in [-0.15, -0.1) is 11.8 Å². The molecule has 3 atom stereocenters. The smallest absolute Gasteiger partial charge is 0.126 e. The Bertz CT molecular complexity index is 576. The van der Waals surface area contributed by atoms with E-state index in [2.05, 4.69) is 12.1 Å². The molecule has 0 spiro atoms. The molecule has 0 radical (unpaired) electrons. The van der Waals surface area contributed by atoms with Crippen LogP contribution in [0.3, 0.4) is 0 Å². The van der Waals surface area contributed by atoms with Crippen LogP contribution in [0.2, 0.25) is 0 Å². The van der Waals surface area contributed by atoms with Crippen LogP contribution >= 0.6 is 11.8 Å². The summed E-state index contributed by atoms with van der Waals surface area (Å²) in [4.78, 5) is 0. The Morgan fingerprint density at radius 1 is 0.913 bits per heavy atom. The summed E-state index contributed by atoms with van der Waals surface area (Å²) >= 11 is 1.55. The lowest BCUT2D eigenvalue weighted by atomic mass is 10.2. The molecular formula is C19H22O3S. The van der Waals surface area contributed by atoms with Crippen molar-refractivity contribution in [3.63, 3.8) is 0 Å². The molecule has 1 aliphatic heterocycles. The molecule has 4 heteroatoms. The van der Waals surface area contributed by atoms with Crippen molar-refractivity contribution in [2.45, 2.75) is 36.4 Å². The second kappa shape index (κ2) is 8.50. The molecule has 1 aliphatic rings. The summed E-state index contributed by atoms with van der Waals surface area (Å²) in [6, 6.07) is 20.2. The van der Waals surface area contributed by atoms with Gasteiger partial charge in [0.05, 0.1) is 25.9 Å². The zero-order valence-electron chi connectivity index (χ0n) is 13.0. The SMILES string of the molecule is OC1S[C@H](COCc2ccccc2)C[C@@H]1OCc1ccccc1.